The van der Waals surface area contributed by atoms with Gasteiger partial charge in [-0.2, -0.15) is 8.78 Å². The van der Waals surface area contributed by atoms with Gasteiger partial charge in [0.1, 0.15) is 5.82 Å². The minimum atomic E-state index is -3.01. The number of imidazole rings is 1. The van der Waals surface area contributed by atoms with Crippen LogP contribution in [0.2, 0.25) is 0 Å². The molecule has 44 heavy (non-hydrogen) atoms. The molecule has 1 saturated heterocycles. The number of halogens is 4. The molecule has 0 spiro atoms. The van der Waals surface area contributed by atoms with Crippen LogP contribution in [0, 0.1) is 18.3 Å². The van der Waals surface area contributed by atoms with Crippen molar-refractivity contribution in [3.05, 3.63) is 100 Å². The second-order valence-electron chi connectivity index (χ2n) is 11.8. The largest absolute Gasteiger partial charge is 0.339 e. The lowest BCUT2D eigenvalue weighted by Gasteiger charge is -2.32. The molecule has 9 heteroatoms. The average Bonchev–Trinajstić information content (AvgIpc) is 3.40. The lowest BCUT2D eigenvalue weighted by atomic mass is 9.93. The Morgan fingerprint density at radius 3 is 2.25 bits per heavy atom. The molecule has 0 aliphatic carbocycles. The summed E-state index contributed by atoms with van der Waals surface area (Å²) in [6.07, 6.45) is 2.34. The van der Waals surface area contributed by atoms with Crippen LogP contribution in [-0.4, -0.2) is 39.2 Å². The summed E-state index contributed by atoms with van der Waals surface area (Å²) in [5.74, 6) is -2.14. The Labute approximate surface area is 256 Å². The third-order valence-electron chi connectivity index (χ3n) is 8.18. The molecule has 0 saturated carbocycles. The summed E-state index contributed by atoms with van der Waals surface area (Å²) < 4.78 is 56.3. The molecule has 2 heterocycles. The molecule has 0 radical (unpaired) electrons. The summed E-state index contributed by atoms with van der Waals surface area (Å²) in [6.45, 7) is 7.35. The first-order chi connectivity index (χ1) is 20.8. The number of amides is 1. The number of benzene rings is 3. The molecule has 4 aromatic rings. The molecule has 1 N–H and O–H groups in total. The molecule has 3 aromatic carbocycles. The number of piperidine rings is 1. The molecule has 1 aromatic heterocycles. The number of aryl methyl sites for hydroxylation is 1. The number of rotatable bonds is 7. The maximum atomic E-state index is 13.9. The lowest BCUT2D eigenvalue weighted by Crippen LogP contribution is -2.38. The zero-order valence-electron chi connectivity index (χ0n) is 25.9. The van der Waals surface area contributed by atoms with Crippen molar-refractivity contribution in [1.82, 2.24) is 14.5 Å². The van der Waals surface area contributed by atoms with Gasteiger partial charge in [0.25, 0.3) is 11.8 Å². The molecular weight excluding hydrogens is 568 g/mol. The minimum Gasteiger partial charge on any atom is -0.339 e. The molecule has 0 bridgehead atoms. The van der Waals surface area contributed by atoms with E-state index in [1.165, 1.54) is 24.6 Å². The van der Waals surface area contributed by atoms with E-state index in [0.717, 1.165) is 17.4 Å². The van der Waals surface area contributed by atoms with E-state index in [1.807, 2.05) is 0 Å². The topological polar surface area (TPSA) is 62.0 Å². The monoisotopic (exact) mass is 608 g/mol. The van der Waals surface area contributed by atoms with E-state index in [0.29, 0.717) is 65.0 Å². The number of hydrogen-bond acceptors (Lipinski definition) is 3. The number of para-hydroxylation sites is 2. The van der Waals surface area contributed by atoms with E-state index in [4.69, 9.17) is 5.41 Å². The normalized spacial score (nSPS) is 14.2. The van der Waals surface area contributed by atoms with E-state index >= 15 is 0 Å². The van der Waals surface area contributed by atoms with Crippen molar-refractivity contribution >= 4 is 22.7 Å². The molecule has 1 fully saturated rings. The third-order valence-corrected chi connectivity index (χ3v) is 8.18. The van der Waals surface area contributed by atoms with Gasteiger partial charge in [0.05, 0.1) is 16.7 Å². The standard InChI is InChI=1S/C30H28F4N4O.C5H12/c1-18-16-21(10-11-23(18)26(35)20-6-5-7-22(17-20)30(2,33)34)28(39)37-14-12-19(13-15-37)27-36-24-8-3-4-9-25(24)38(27)29(31)32;1-4-5(2)3/h3-11,16-17,19,29,35H,12-15H2,1-2H3;5H,4H2,1-3H3. The Morgan fingerprint density at radius 1 is 1.00 bits per heavy atom. The number of carbonyl (C=O) groups is 1. The van der Waals surface area contributed by atoms with Crippen LogP contribution in [0.15, 0.2) is 66.7 Å². The predicted octanol–water partition coefficient (Wildman–Crippen LogP) is 9.34. The molecular formula is C35H40F4N4O. The van der Waals surface area contributed by atoms with Crippen LogP contribution in [-0.2, 0) is 5.92 Å². The van der Waals surface area contributed by atoms with E-state index in [2.05, 4.69) is 25.8 Å². The quantitative estimate of drug-likeness (QED) is 0.168. The highest BCUT2D eigenvalue weighted by Crippen LogP contribution is 2.34. The van der Waals surface area contributed by atoms with Gasteiger partial charge in [-0.05, 0) is 61.6 Å². The van der Waals surface area contributed by atoms with Crippen molar-refractivity contribution in [3.63, 3.8) is 0 Å². The first-order valence-electron chi connectivity index (χ1n) is 15.0. The van der Waals surface area contributed by atoms with Crippen LogP contribution in [0.1, 0.15) is 97.9 Å². The van der Waals surface area contributed by atoms with Crippen molar-refractivity contribution in [1.29, 1.82) is 5.41 Å². The zero-order valence-corrected chi connectivity index (χ0v) is 25.9. The SMILES string of the molecule is CCC(C)C.Cc1cc(C(=O)N2CCC(c3nc4ccccc4n3C(F)F)CC2)ccc1C(=N)c1cccc(C(C)(F)F)c1. The Morgan fingerprint density at radius 2 is 1.66 bits per heavy atom. The summed E-state index contributed by atoms with van der Waals surface area (Å²) in [7, 11) is 0. The molecule has 5 rings (SSSR count). The van der Waals surface area contributed by atoms with E-state index < -0.39 is 12.5 Å². The lowest BCUT2D eigenvalue weighted by molar-refractivity contribution is 0.0174. The van der Waals surface area contributed by atoms with Crippen LogP contribution in [0.5, 0.6) is 0 Å². The van der Waals surface area contributed by atoms with E-state index in [9.17, 15) is 22.4 Å². The van der Waals surface area contributed by atoms with Crippen molar-refractivity contribution in [3.8, 4) is 0 Å². The fraction of sp³-hybridized carbons (Fsp3) is 0.400. The molecule has 1 aliphatic heterocycles. The van der Waals surface area contributed by atoms with Crippen molar-refractivity contribution in [2.45, 2.75) is 72.3 Å². The van der Waals surface area contributed by atoms with Crippen LogP contribution >= 0.6 is 0 Å². The molecule has 234 valence electrons. The molecule has 1 aliphatic rings. The number of alkyl halides is 4. The number of aromatic nitrogens is 2. The van der Waals surface area contributed by atoms with Crippen molar-refractivity contribution < 1.29 is 22.4 Å². The smallest absolute Gasteiger partial charge is 0.320 e. The van der Waals surface area contributed by atoms with Crippen molar-refractivity contribution in [2.24, 2.45) is 5.92 Å². The fourth-order valence-corrected chi connectivity index (χ4v) is 5.26. The van der Waals surface area contributed by atoms with Crippen LogP contribution < -0.4 is 0 Å². The first kappa shape index (κ1) is 32.9. The highest BCUT2D eigenvalue weighted by molar-refractivity contribution is 6.12. The number of hydrogen-bond donors (Lipinski definition) is 1. The summed E-state index contributed by atoms with van der Waals surface area (Å²) in [5.41, 5.74) is 2.92. The average molecular weight is 609 g/mol. The van der Waals surface area contributed by atoms with Gasteiger partial charge in [-0.1, -0.05) is 63.6 Å². The van der Waals surface area contributed by atoms with Gasteiger partial charge in [-0.25, -0.2) is 13.8 Å². The predicted molar refractivity (Wildman–Crippen MR) is 167 cm³/mol. The summed E-state index contributed by atoms with van der Waals surface area (Å²) >= 11 is 0. The highest BCUT2D eigenvalue weighted by Gasteiger charge is 2.30. The van der Waals surface area contributed by atoms with Gasteiger partial charge in [0.2, 0.25) is 0 Å². The first-order valence-corrected chi connectivity index (χ1v) is 15.0. The number of nitrogens with one attached hydrogen (secondary N) is 1. The Kier molecular flexibility index (Phi) is 10.3. The summed E-state index contributed by atoms with van der Waals surface area (Å²) in [6, 6.07) is 17.6. The Bertz CT molecular complexity index is 1610. The van der Waals surface area contributed by atoms with Gasteiger partial charge in [0.15, 0.2) is 0 Å². The fourth-order valence-electron chi connectivity index (χ4n) is 5.26. The molecule has 5 nitrogen and oxygen atoms in total. The van der Waals surface area contributed by atoms with Gasteiger partial charge < -0.3 is 4.90 Å². The minimum absolute atomic E-state index is 0.0975. The second kappa shape index (κ2) is 13.7. The summed E-state index contributed by atoms with van der Waals surface area (Å²) in [4.78, 5) is 19.5. The highest BCUT2D eigenvalue weighted by atomic mass is 19.3. The van der Waals surface area contributed by atoms with Crippen LogP contribution in [0.4, 0.5) is 17.6 Å². The number of carbonyl (C=O) groups excluding carboxylic acids is 1. The summed E-state index contributed by atoms with van der Waals surface area (Å²) in [5, 5.41) is 8.58. The van der Waals surface area contributed by atoms with E-state index in [-0.39, 0.29) is 23.1 Å². The molecule has 1 amide bonds. The van der Waals surface area contributed by atoms with Crippen LogP contribution in [0.3, 0.4) is 0 Å². The number of likely N-dealkylation sites (tertiary alicyclic amines) is 1. The molecule has 0 atom stereocenters. The molecule has 0 unspecified atom stereocenters. The maximum Gasteiger partial charge on any atom is 0.320 e. The Balaban J connectivity index is 0.000000818. The number of nitrogens with zero attached hydrogens (tertiary/aromatic N) is 3. The maximum absolute atomic E-state index is 13.9. The zero-order chi connectivity index (χ0) is 32.2. The van der Waals surface area contributed by atoms with Crippen LogP contribution in [0.25, 0.3) is 11.0 Å². The van der Waals surface area contributed by atoms with E-state index in [1.54, 1.807) is 60.4 Å². The Hall–Kier alpha value is -4.01. The van der Waals surface area contributed by atoms with Gasteiger partial charge in [0, 0.05) is 48.2 Å². The third kappa shape index (κ3) is 7.37. The van der Waals surface area contributed by atoms with Crippen molar-refractivity contribution in [2.75, 3.05) is 13.1 Å². The second-order valence-corrected chi connectivity index (χ2v) is 11.8. The van der Waals surface area contributed by atoms with Gasteiger partial charge in [-0.3, -0.25) is 14.8 Å². The van der Waals surface area contributed by atoms with Gasteiger partial charge >= 0.3 is 6.55 Å². The van der Waals surface area contributed by atoms with Gasteiger partial charge in [-0.15, -0.1) is 0 Å². The number of fused-ring (bicyclic) bond motifs is 1.